The zero-order valence-electron chi connectivity index (χ0n) is 15.0. The number of hydrogen-bond acceptors (Lipinski definition) is 4. The van der Waals surface area contributed by atoms with Crippen LogP contribution in [0.1, 0.15) is 24.6 Å². The number of hydrogen-bond donors (Lipinski definition) is 1. The summed E-state index contributed by atoms with van der Waals surface area (Å²) in [6.45, 7) is -0.156. The Morgan fingerprint density at radius 1 is 1.15 bits per heavy atom. The van der Waals surface area contributed by atoms with E-state index in [-0.39, 0.29) is 24.1 Å². The molecule has 27 heavy (non-hydrogen) atoms. The first-order chi connectivity index (χ1) is 13.2. The first-order valence-electron chi connectivity index (χ1n) is 8.85. The van der Waals surface area contributed by atoms with Gasteiger partial charge in [0, 0.05) is 5.92 Å². The fraction of sp³-hybridized carbons (Fsp3) is 0.250. The van der Waals surface area contributed by atoms with Gasteiger partial charge in [-0.05, 0) is 37.1 Å². The normalized spacial score (nSPS) is 13.4. The lowest BCUT2D eigenvalue weighted by molar-refractivity contribution is -0.117. The number of carbonyl (C=O) groups excluding carboxylic acids is 1. The molecule has 2 aromatic carbocycles. The Kier molecular flexibility index (Phi) is 4.50. The minimum Gasteiger partial charge on any atom is -0.495 e. The monoisotopic (exact) mass is 364 g/mol. The average Bonchev–Trinajstić information content (AvgIpc) is 3.48. The molecule has 1 aromatic heterocycles. The molecular weight excluding hydrogens is 344 g/mol. The van der Waals surface area contributed by atoms with Crippen molar-refractivity contribution < 1.29 is 9.53 Å². The maximum absolute atomic E-state index is 12.9. The number of rotatable bonds is 6. The van der Waals surface area contributed by atoms with Crippen LogP contribution >= 0.6 is 0 Å². The largest absolute Gasteiger partial charge is 0.495 e. The summed E-state index contributed by atoms with van der Waals surface area (Å²) in [5, 5.41) is 7.22. The molecule has 0 aliphatic heterocycles. The lowest BCUT2D eigenvalue weighted by Gasteiger charge is -2.09. The summed E-state index contributed by atoms with van der Waals surface area (Å²) in [6, 6.07) is 16.5. The van der Waals surface area contributed by atoms with Crippen LogP contribution < -0.4 is 15.7 Å². The second kappa shape index (κ2) is 7.11. The molecule has 1 aliphatic rings. The summed E-state index contributed by atoms with van der Waals surface area (Å²) < 4.78 is 8.07. The topological polar surface area (TPSA) is 78.2 Å². The molecule has 7 nitrogen and oxygen atoms in total. The highest BCUT2D eigenvalue weighted by Crippen LogP contribution is 2.39. The molecule has 0 saturated heterocycles. The van der Waals surface area contributed by atoms with Crippen molar-refractivity contribution in [1.82, 2.24) is 14.3 Å². The predicted octanol–water partition coefficient (Wildman–Crippen LogP) is 2.56. The van der Waals surface area contributed by atoms with Crippen LogP contribution in [0.25, 0.3) is 5.69 Å². The smallest absolute Gasteiger partial charge is 0.351 e. The molecule has 0 atom stereocenters. The Hall–Kier alpha value is -3.35. The molecule has 0 spiro atoms. The van der Waals surface area contributed by atoms with E-state index in [1.807, 2.05) is 36.4 Å². The zero-order chi connectivity index (χ0) is 18.8. The van der Waals surface area contributed by atoms with Crippen molar-refractivity contribution in [3.63, 3.8) is 0 Å². The first-order valence-corrected chi connectivity index (χ1v) is 8.85. The van der Waals surface area contributed by atoms with Crippen LogP contribution in [0.3, 0.4) is 0 Å². The molecule has 0 bridgehead atoms. The van der Waals surface area contributed by atoms with Crippen LogP contribution in [0.4, 0.5) is 5.69 Å². The zero-order valence-corrected chi connectivity index (χ0v) is 15.0. The van der Waals surface area contributed by atoms with Crippen molar-refractivity contribution in [2.24, 2.45) is 0 Å². The maximum atomic E-state index is 12.9. The summed E-state index contributed by atoms with van der Waals surface area (Å²) in [6.07, 6.45) is 2.02. The molecule has 1 N–H and O–H groups in total. The van der Waals surface area contributed by atoms with E-state index in [2.05, 4.69) is 10.4 Å². The number of methoxy groups -OCH3 is 1. The van der Waals surface area contributed by atoms with E-state index in [9.17, 15) is 9.59 Å². The van der Waals surface area contributed by atoms with Gasteiger partial charge in [0.1, 0.15) is 18.1 Å². The molecule has 0 radical (unpaired) electrons. The SMILES string of the molecule is COc1ccccc1NC(=O)Cn1nc(C2CC2)n(-c2ccccc2)c1=O. The number of amides is 1. The van der Waals surface area contributed by atoms with Gasteiger partial charge in [0.2, 0.25) is 5.91 Å². The van der Waals surface area contributed by atoms with Crippen LogP contribution in [0.5, 0.6) is 5.75 Å². The molecule has 138 valence electrons. The van der Waals surface area contributed by atoms with Crippen molar-refractivity contribution in [3.8, 4) is 11.4 Å². The molecule has 3 aromatic rings. The number of nitrogens with one attached hydrogen (secondary N) is 1. The molecule has 4 rings (SSSR count). The summed E-state index contributed by atoms with van der Waals surface area (Å²) in [4.78, 5) is 25.4. The Balaban J connectivity index is 1.61. The van der Waals surface area contributed by atoms with E-state index in [4.69, 9.17) is 4.74 Å². The van der Waals surface area contributed by atoms with Crippen molar-refractivity contribution in [2.45, 2.75) is 25.3 Å². The highest BCUT2D eigenvalue weighted by Gasteiger charge is 2.31. The number of aromatic nitrogens is 3. The highest BCUT2D eigenvalue weighted by atomic mass is 16.5. The van der Waals surface area contributed by atoms with Crippen LogP contribution in [-0.4, -0.2) is 27.4 Å². The van der Waals surface area contributed by atoms with Gasteiger partial charge in [-0.1, -0.05) is 30.3 Å². The standard InChI is InChI=1S/C20H20N4O3/c1-27-17-10-6-5-9-16(17)21-18(25)13-23-20(26)24(15-7-3-2-4-8-15)19(22-23)14-11-12-14/h2-10,14H,11-13H2,1H3,(H,21,25). The molecule has 1 aliphatic carbocycles. The van der Waals surface area contributed by atoms with Crippen molar-refractivity contribution in [1.29, 1.82) is 0 Å². The van der Waals surface area contributed by atoms with Gasteiger partial charge >= 0.3 is 5.69 Å². The van der Waals surface area contributed by atoms with E-state index in [0.29, 0.717) is 11.4 Å². The number of carbonyl (C=O) groups is 1. The minimum atomic E-state index is -0.332. The quantitative estimate of drug-likeness (QED) is 0.729. The van der Waals surface area contributed by atoms with E-state index in [1.165, 1.54) is 4.68 Å². The Bertz CT molecular complexity index is 1020. The van der Waals surface area contributed by atoms with Gasteiger partial charge in [-0.15, -0.1) is 0 Å². The Labute approximate surface area is 156 Å². The summed E-state index contributed by atoms with van der Waals surface area (Å²) >= 11 is 0. The summed E-state index contributed by atoms with van der Waals surface area (Å²) in [7, 11) is 1.54. The maximum Gasteiger partial charge on any atom is 0.351 e. The third-order valence-electron chi connectivity index (χ3n) is 4.50. The molecule has 0 unspecified atom stereocenters. The Morgan fingerprint density at radius 3 is 2.56 bits per heavy atom. The molecular formula is C20H20N4O3. The third kappa shape index (κ3) is 3.48. The molecule has 1 saturated carbocycles. The Morgan fingerprint density at radius 2 is 1.85 bits per heavy atom. The predicted molar refractivity (Wildman–Crippen MR) is 101 cm³/mol. The fourth-order valence-corrected chi connectivity index (χ4v) is 3.03. The second-order valence-corrected chi connectivity index (χ2v) is 6.49. The van der Waals surface area contributed by atoms with Gasteiger partial charge in [0.05, 0.1) is 18.5 Å². The molecule has 1 heterocycles. The van der Waals surface area contributed by atoms with Gasteiger partial charge in [0.25, 0.3) is 0 Å². The first kappa shape index (κ1) is 17.1. The van der Waals surface area contributed by atoms with Crippen LogP contribution in [0.2, 0.25) is 0 Å². The van der Waals surface area contributed by atoms with E-state index in [1.54, 1.807) is 29.9 Å². The van der Waals surface area contributed by atoms with Crippen LogP contribution in [0, 0.1) is 0 Å². The van der Waals surface area contributed by atoms with Crippen molar-refractivity contribution in [2.75, 3.05) is 12.4 Å². The number of anilines is 1. The third-order valence-corrected chi connectivity index (χ3v) is 4.50. The number of benzene rings is 2. The number of ether oxygens (including phenoxy) is 1. The van der Waals surface area contributed by atoms with Gasteiger partial charge in [-0.3, -0.25) is 4.79 Å². The van der Waals surface area contributed by atoms with Gasteiger partial charge in [0.15, 0.2) is 0 Å². The van der Waals surface area contributed by atoms with E-state index in [0.717, 1.165) is 24.4 Å². The highest BCUT2D eigenvalue weighted by molar-refractivity contribution is 5.92. The van der Waals surface area contributed by atoms with Crippen LogP contribution in [-0.2, 0) is 11.3 Å². The van der Waals surface area contributed by atoms with Gasteiger partial charge in [-0.2, -0.15) is 5.10 Å². The van der Waals surface area contributed by atoms with Crippen LogP contribution in [0.15, 0.2) is 59.4 Å². The lowest BCUT2D eigenvalue weighted by Crippen LogP contribution is -2.29. The average molecular weight is 364 g/mol. The number of nitrogens with zero attached hydrogens (tertiary/aromatic N) is 3. The van der Waals surface area contributed by atoms with Crippen molar-refractivity contribution >= 4 is 11.6 Å². The number of para-hydroxylation sites is 3. The molecule has 1 fully saturated rings. The molecule has 7 heteroatoms. The van der Waals surface area contributed by atoms with E-state index < -0.39 is 0 Å². The minimum absolute atomic E-state index is 0.156. The summed E-state index contributed by atoms with van der Waals surface area (Å²) in [5.74, 6) is 1.22. The van der Waals surface area contributed by atoms with Gasteiger partial charge < -0.3 is 10.1 Å². The second-order valence-electron chi connectivity index (χ2n) is 6.49. The lowest BCUT2D eigenvalue weighted by atomic mass is 10.3. The fourth-order valence-electron chi connectivity index (χ4n) is 3.03. The molecule has 1 amide bonds. The van der Waals surface area contributed by atoms with E-state index >= 15 is 0 Å². The summed E-state index contributed by atoms with van der Waals surface area (Å²) in [5.41, 5.74) is 1.02. The van der Waals surface area contributed by atoms with Gasteiger partial charge in [-0.25, -0.2) is 14.0 Å². The van der Waals surface area contributed by atoms with Crippen molar-refractivity contribution in [3.05, 3.63) is 70.9 Å².